The number of thioether (sulfide) groups is 2. The molecule has 0 aromatic rings. The number of hydrogen-bond donors (Lipinski definition) is 2. The molecule has 0 aliphatic heterocycles. The van der Waals surface area contributed by atoms with Crippen molar-refractivity contribution in [2.45, 2.75) is 49.9 Å². The summed E-state index contributed by atoms with van der Waals surface area (Å²) < 4.78 is 123. The first kappa shape index (κ1) is 26.4. The van der Waals surface area contributed by atoms with Crippen molar-refractivity contribution in [1.29, 1.82) is 0 Å². The average Bonchev–Trinajstić information content (AvgIpc) is 2.38. The van der Waals surface area contributed by atoms with Crippen LogP contribution in [0.5, 0.6) is 0 Å². The van der Waals surface area contributed by atoms with Crippen LogP contribution < -0.4 is 0 Å². The highest BCUT2D eigenvalue weighted by molar-refractivity contribution is 8.21. The van der Waals surface area contributed by atoms with Gasteiger partial charge in [-0.05, 0) is 12.2 Å². The second-order valence-electron chi connectivity index (χ2n) is 5.01. The van der Waals surface area contributed by atoms with Crippen LogP contribution in [0.1, 0.15) is 25.7 Å². The van der Waals surface area contributed by atoms with Gasteiger partial charge < -0.3 is 0 Å². The minimum Gasteiger partial charge on any atom is -0.206 e. The lowest BCUT2D eigenvalue weighted by Crippen LogP contribution is -2.36. The van der Waals surface area contributed by atoms with Gasteiger partial charge in [-0.25, -0.2) is 8.78 Å². The highest BCUT2D eigenvalue weighted by Crippen LogP contribution is 2.41. The van der Waals surface area contributed by atoms with Gasteiger partial charge in [-0.15, -0.1) is 48.8 Å². The monoisotopic (exact) mass is 476 g/mol. The van der Waals surface area contributed by atoms with Crippen LogP contribution in [0.25, 0.3) is 0 Å². The molecule has 0 unspecified atom stereocenters. The molecule has 0 aliphatic carbocycles. The molecule has 0 heterocycles. The molecular weight excluding hydrogens is 462 g/mol. The van der Waals surface area contributed by atoms with Crippen molar-refractivity contribution in [3.63, 3.8) is 0 Å². The predicted octanol–water partition coefficient (Wildman–Crippen LogP) is 7.39. The standard InChI is InChI=1S/C12H14F10S4/c13-9(14,6-11(17,18)19)3-5-26-8(24)7(23)25-4-1-2-10(15,16)12(20,21)22/h23-24H,1-6H2/b8-7-. The van der Waals surface area contributed by atoms with E-state index >= 15 is 0 Å². The van der Waals surface area contributed by atoms with Crippen molar-refractivity contribution >= 4 is 48.8 Å². The topological polar surface area (TPSA) is 0 Å². The highest BCUT2D eigenvalue weighted by Gasteiger charge is 2.56. The highest BCUT2D eigenvalue weighted by atomic mass is 32.2. The van der Waals surface area contributed by atoms with Gasteiger partial charge >= 0.3 is 18.3 Å². The summed E-state index contributed by atoms with van der Waals surface area (Å²) in [5, 5.41) is 0. The fourth-order valence-corrected chi connectivity index (χ4v) is 4.02. The third kappa shape index (κ3) is 11.3. The maximum Gasteiger partial charge on any atom is 0.453 e. The Kier molecular flexibility index (Phi) is 10.5. The van der Waals surface area contributed by atoms with Crippen LogP contribution in [-0.2, 0) is 0 Å². The minimum atomic E-state index is -5.64. The van der Waals surface area contributed by atoms with Gasteiger partial charge in [0, 0.05) is 18.6 Å². The minimum absolute atomic E-state index is 0.0590. The molecule has 0 rings (SSSR count). The Morgan fingerprint density at radius 2 is 1.15 bits per heavy atom. The van der Waals surface area contributed by atoms with Gasteiger partial charge in [0.15, 0.2) is 0 Å². The number of halogens is 10. The Labute approximate surface area is 162 Å². The Hall–Kier alpha value is 0.440. The van der Waals surface area contributed by atoms with E-state index in [9.17, 15) is 43.9 Å². The summed E-state index contributed by atoms with van der Waals surface area (Å²) in [5.74, 6) is -9.30. The van der Waals surface area contributed by atoms with Crippen LogP contribution in [0, 0.1) is 0 Å². The number of thiol groups is 2. The van der Waals surface area contributed by atoms with E-state index in [1.165, 1.54) is 0 Å². The number of rotatable bonds is 10. The predicted molar refractivity (Wildman–Crippen MR) is 90.4 cm³/mol. The molecule has 0 aromatic heterocycles. The van der Waals surface area contributed by atoms with E-state index < -0.39 is 55.6 Å². The Bertz CT molecular complexity index is 470. The molecule has 0 saturated heterocycles. The van der Waals surface area contributed by atoms with Crippen molar-refractivity contribution in [3.05, 3.63) is 8.47 Å². The number of hydrogen-bond acceptors (Lipinski definition) is 4. The Morgan fingerprint density at radius 1 is 0.692 bits per heavy atom. The second-order valence-corrected chi connectivity index (χ2v) is 8.72. The van der Waals surface area contributed by atoms with Gasteiger partial charge in [0.05, 0.1) is 8.47 Å². The summed E-state index contributed by atoms with van der Waals surface area (Å²) in [7, 11) is 0. The third-order valence-electron chi connectivity index (χ3n) is 2.64. The van der Waals surface area contributed by atoms with Crippen LogP contribution in [0.4, 0.5) is 43.9 Å². The largest absolute Gasteiger partial charge is 0.453 e. The number of alkyl halides is 10. The van der Waals surface area contributed by atoms with Crippen molar-refractivity contribution < 1.29 is 43.9 Å². The molecule has 0 nitrogen and oxygen atoms in total. The fraction of sp³-hybridized carbons (Fsp3) is 0.833. The van der Waals surface area contributed by atoms with E-state index in [4.69, 9.17) is 0 Å². The zero-order chi connectivity index (χ0) is 20.8. The first-order valence-electron chi connectivity index (χ1n) is 6.74. The quantitative estimate of drug-likeness (QED) is 0.192. The van der Waals surface area contributed by atoms with Crippen molar-refractivity contribution in [3.8, 4) is 0 Å². The van der Waals surface area contributed by atoms with E-state index in [0.717, 1.165) is 11.8 Å². The maximum absolute atomic E-state index is 13.1. The molecular formula is C12H14F10S4. The SMILES string of the molecule is FC(F)(F)CC(F)(F)CCS/C(S)=C(/S)SCCCC(F)(F)C(F)(F)F. The van der Waals surface area contributed by atoms with Gasteiger partial charge in [0.1, 0.15) is 6.42 Å². The van der Waals surface area contributed by atoms with Crippen LogP contribution in [0.15, 0.2) is 8.47 Å². The molecule has 0 aromatic carbocycles. The van der Waals surface area contributed by atoms with E-state index in [1.807, 2.05) is 0 Å². The summed E-state index contributed by atoms with van der Waals surface area (Å²) in [4.78, 5) is 0. The van der Waals surface area contributed by atoms with E-state index in [0.29, 0.717) is 11.8 Å². The molecule has 0 bridgehead atoms. The lowest BCUT2D eigenvalue weighted by atomic mass is 10.2. The van der Waals surface area contributed by atoms with Crippen LogP contribution in [-0.4, -0.2) is 35.7 Å². The van der Waals surface area contributed by atoms with E-state index in [1.54, 1.807) is 0 Å². The zero-order valence-corrected chi connectivity index (χ0v) is 16.2. The molecule has 0 radical (unpaired) electrons. The van der Waals surface area contributed by atoms with Gasteiger partial charge in [-0.3, -0.25) is 0 Å². The smallest absolute Gasteiger partial charge is 0.206 e. The van der Waals surface area contributed by atoms with Crippen LogP contribution in [0.2, 0.25) is 0 Å². The fourth-order valence-electron chi connectivity index (χ4n) is 1.41. The van der Waals surface area contributed by atoms with Gasteiger partial charge in [-0.1, -0.05) is 0 Å². The van der Waals surface area contributed by atoms with Gasteiger partial charge in [0.2, 0.25) is 0 Å². The lowest BCUT2D eigenvalue weighted by molar-refractivity contribution is -0.284. The van der Waals surface area contributed by atoms with Gasteiger partial charge in [0.25, 0.3) is 5.92 Å². The molecule has 0 fully saturated rings. The Balaban J connectivity index is 4.28. The Morgan fingerprint density at radius 3 is 1.58 bits per heavy atom. The molecule has 0 N–H and O–H groups in total. The molecule has 0 aliphatic rings. The summed E-state index contributed by atoms with van der Waals surface area (Å²) in [6.45, 7) is 0. The molecule has 0 spiro atoms. The molecule has 0 amide bonds. The van der Waals surface area contributed by atoms with Crippen molar-refractivity contribution in [1.82, 2.24) is 0 Å². The maximum atomic E-state index is 13.1. The summed E-state index contributed by atoms with van der Waals surface area (Å²) in [6, 6.07) is 0. The summed E-state index contributed by atoms with van der Waals surface area (Å²) in [6.07, 6.45) is -15.9. The summed E-state index contributed by atoms with van der Waals surface area (Å²) in [5.41, 5.74) is 0. The molecule has 0 atom stereocenters. The summed E-state index contributed by atoms with van der Waals surface area (Å²) >= 11 is 9.26. The van der Waals surface area contributed by atoms with Crippen LogP contribution >= 0.6 is 48.8 Å². The molecule has 14 heteroatoms. The molecule has 0 saturated carbocycles. The molecule has 156 valence electrons. The lowest BCUT2D eigenvalue weighted by Gasteiger charge is -2.19. The third-order valence-corrected chi connectivity index (χ3v) is 6.32. The zero-order valence-electron chi connectivity index (χ0n) is 12.7. The van der Waals surface area contributed by atoms with Gasteiger partial charge in [-0.2, -0.15) is 35.1 Å². The first-order valence-corrected chi connectivity index (χ1v) is 9.60. The molecule has 26 heavy (non-hydrogen) atoms. The van der Waals surface area contributed by atoms with Crippen LogP contribution in [0.3, 0.4) is 0 Å². The first-order chi connectivity index (χ1) is 11.5. The second kappa shape index (κ2) is 10.3. The van der Waals surface area contributed by atoms with E-state index in [-0.39, 0.29) is 14.2 Å². The van der Waals surface area contributed by atoms with Crippen molar-refractivity contribution in [2.24, 2.45) is 0 Å². The normalized spacial score (nSPS) is 15.2. The van der Waals surface area contributed by atoms with Crippen molar-refractivity contribution in [2.75, 3.05) is 11.5 Å². The average molecular weight is 476 g/mol. The van der Waals surface area contributed by atoms with E-state index in [2.05, 4.69) is 25.3 Å².